The molecule has 23 heavy (non-hydrogen) atoms. The molecule has 0 N–H and O–H groups in total. The van der Waals surface area contributed by atoms with Gasteiger partial charge in [0.25, 0.3) is 0 Å². The van der Waals surface area contributed by atoms with Gasteiger partial charge in [-0.15, -0.1) is 0 Å². The van der Waals surface area contributed by atoms with Crippen molar-refractivity contribution in [3.8, 4) is 11.4 Å². The molecule has 0 bridgehead atoms. The van der Waals surface area contributed by atoms with Crippen LogP contribution in [0, 0.1) is 5.92 Å². The van der Waals surface area contributed by atoms with Gasteiger partial charge in [0, 0.05) is 31.1 Å². The lowest BCUT2D eigenvalue weighted by atomic mass is 10.1. The summed E-state index contributed by atoms with van der Waals surface area (Å²) >= 11 is 0. The van der Waals surface area contributed by atoms with Crippen LogP contribution in [0.15, 0.2) is 34.9 Å². The number of hydrogen-bond donors (Lipinski definition) is 0. The van der Waals surface area contributed by atoms with Crippen LogP contribution >= 0.6 is 0 Å². The van der Waals surface area contributed by atoms with Crippen molar-refractivity contribution < 1.29 is 9.26 Å². The fourth-order valence-electron chi connectivity index (χ4n) is 3.24. The Morgan fingerprint density at radius 2 is 2.04 bits per heavy atom. The second kappa shape index (κ2) is 6.81. The molecule has 4 rings (SSSR count). The molecule has 5 nitrogen and oxygen atoms in total. The average Bonchev–Trinajstić information content (AvgIpc) is 3.29. The normalized spacial score (nSPS) is 22.3. The number of benzene rings is 1. The van der Waals surface area contributed by atoms with Crippen LogP contribution in [0.3, 0.4) is 0 Å². The molecule has 1 saturated carbocycles. The highest BCUT2D eigenvalue weighted by Crippen LogP contribution is 2.35. The molecule has 5 heteroatoms. The molecule has 2 aromatic rings. The minimum atomic E-state index is 0.563. The van der Waals surface area contributed by atoms with Gasteiger partial charge in [-0.2, -0.15) is 4.98 Å². The lowest BCUT2D eigenvalue weighted by Crippen LogP contribution is -2.46. The van der Waals surface area contributed by atoms with Crippen LogP contribution in [0.2, 0.25) is 0 Å². The van der Waals surface area contributed by atoms with Crippen molar-refractivity contribution in [2.75, 3.05) is 26.3 Å². The topological polar surface area (TPSA) is 51.4 Å². The van der Waals surface area contributed by atoms with Crippen molar-refractivity contribution in [3.63, 3.8) is 0 Å². The number of ether oxygens (including phenoxy) is 1. The van der Waals surface area contributed by atoms with Crippen molar-refractivity contribution >= 4 is 0 Å². The minimum Gasteiger partial charge on any atom is -0.378 e. The summed E-state index contributed by atoms with van der Waals surface area (Å²) in [4.78, 5) is 7.06. The third kappa shape index (κ3) is 3.79. The van der Waals surface area contributed by atoms with Gasteiger partial charge in [-0.1, -0.05) is 48.3 Å². The van der Waals surface area contributed by atoms with Crippen LogP contribution in [0.1, 0.15) is 25.2 Å². The number of morpholine rings is 1. The maximum Gasteiger partial charge on any atom is 0.228 e. The first kappa shape index (κ1) is 14.8. The zero-order valence-corrected chi connectivity index (χ0v) is 13.4. The molecule has 0 spiro atoms. The standard InChI is InChI=1S/C18H23N3O2/c1-2-4-15(5-3-1)18-19-17(23-20-18)8-9-21-10-11-22-13-16(21)12-14-6-7-14/h1-5,14,16H,6-13H2. The van der Waals surface area contributed by atoms with Crippen molar-refractivity contribution in [2.24, 2.45) is 5.92 Å². The van der Waals surface area contributed by atoms with Gasteiger partial charge in [-0.25, -0.2) is 0 Å². The Kier molecular flexibility index (Phi) is 4.39. The summed E-state index contributed by atoms with van der Waals surface area (Å²) in [6.07, 6.45) is 4.88. The Hall–Kier alpha value is -1.72. The lowest BCUT2D eigenvalue weighted by Gasteiger charge is -2.35. The summed E-state index contributed by atoms with van der Waals surface area (Å²) in [6.45, 7) is 3.68. The van der Waals surface area contributed by atoms with E-state index in [1.807, 2.05) is 30.3 Å². The molecule has 0 radical (unpaired) electrons. The Morgan fingerprint density at radius 3 is 2.87 bits per heavy atom. The third-order valence-electron chi connectivity index (χ3n) is 4.76. The molecule has 1 saturated heterocycles. The average molecular weight is 313 g/mol. The Balaban J connectivity index is 1.35. The smallest absolute Gasteiger partial charge is 0.228 e. The van der Waals surface area contributed by atoms with Crippen molar-refractivity contribution in [2.45, 2.75) is 31.7 Å². The van der Waals surface area contributed by atoms with E-state index in [0.29, 0.717) is 11.9 Å². The monoisotopic (exact) mass is 313 g/mol. The van der Waals surface area contributed by atoms with Crippen LogP contribution in [0.4, 0.5) is 0 Å². The summed E-state index contributed by atoms with van der Waals surface area (Å²) in [5, 5.41) is 4.10. The second-order valence-electron chi connectivity index (χ2n) is 6.57. The molecule has 1 unspecified atom stereocenters. The SMILES string of the molecule is c1ccc(-c2noc(CCN3CCOCC3CC3CC3)n2)cc1. The molecule has 122 valence electrons. The van der Waals surface area contributed by atoms with Crippen molar-refractivity contribution in [3.05, 3.63) is 36.2 Å². The van der Waals surface area contributed by atoms with E-state index in [9.17, 15) is 0 Å². The van der Waals surface area contributed by atoms with Crippen molar-refractivity contribution in [1.82, 2.24) is 15.0 Å². The molecule has 2 aliphatic rings. The maximum absolute atomic E-state index is 5.66. The first-order valence-electron chi connectivity index (χ1n) is 8.58. The third-order valence-corrected chi connectivity index (χ3v) is 4.76. The zero-order valence-electron chi connectivity index (χ0n) is 13.4. The predicted octanol–water partition coefficient (Wildman–Crippen LogP) is 2.78. The number of hydrogen-bond acceptors (Lipinski definition) is 5. The van der Waals surface area contributed by atoms with E-state index in [0.717, 1.165) is 50.1 Å². The van der Waals surface area contributed by atoms with Gasteiger partial charge in [0.15, 0.2) is 0 Å². The summed E-state index contributed by atoms with van der Waals surface area (Å²) in [5.41, 5.74) is 1.00. The van der Waals surface area contributed by atoms with Gasteiger partial charge in [0.05, 0.1) is 13.2 Å². The highest BCUT2D eigenvalue weighted by molar-refractivity contribution is 5.53. The van der Waals surface area contributed by atoms with Crippen LogP contribution in [0.5, 0.6) is 0 Å². The van der Waals surface area contributed by atoms with E-state index < -0.39 is 0 Å². The quantitative estimate of drug-likeness (QED) is 0.821. The Bertz CT molecular complexity index is 624. The minimum absolute atomic E-state index is 0.563. The fourth-order valence-corrected chi connectivity index (χ4v) is 3.24. The van der Waals surface area contributed by atoms with E-state index in [2.05, 4.69) is 15.0 Å². The van der Waals surface area contributed by atoms with Crippen molar-refractivity contribution in [1.29, 1.82) is 0 Å². The summed E-state index contributed by atoms with van der Waals surface area (Å²) in [6, 6.07) is 10.5. The molecular formula is C18H23N3O2. The van der Waals surface area contributed by atoms with Crippen LogP contribution < -0.4 is 0 Å². The Morgan fingerprint density at radius 1 is 1.17 bits per heavy atom. The van der Waals surface area contributed by atoms with E-state index in [1.54, 1.807) is 0 Å². The number of rotatable bonds is 6. The number of nitrogens with zero attached hydrogens (tertiary/aromatic N) is 3. The second-order valence-corrected chi connectivity index (χ2v) is 6.57. The first-order chi connectivity index (χ1) is 11.4. The highest BCUT2D eigenvalue weighted by Gasteiger charge is 2.30. The fraction of sp³-hybridized carbons (Fsp3) is 0.556. The van der Waals surface area contributed by atoms with E-state index in [4.69, 9.17) is 9.26 Å². The van der Waals surface area contributed by atoms with Gasteiger partial charge in [0.2, 0.25) is 11.7 Å². The summed E-state index contributed by atoms with van der Waals surface area (Å²) < 4.78 is 11.1. The van der Waals surface area contributed by atoms with Gasteiger partial charge in [-0.05, 0) is 12.3 Å². The summed E-state index contributed by atoms with van der Waals surface area (Å²) in [7, 11) is 0. The Labute approximate surface area is 136 Å². The first-order valence-corrected chi connectivity index (χ1v) is 8.58. The van der Waals surface area contributed by atoms with E-state index in [1.165, 1.54) is 19.3 Å². The van der Waals surface area contributed by atoms with Crippen LogP contribution in [-0.4, -0.2) is 47.4 Å². The zero-order chi connectivity index (χ0) is 15.5. The predicted molar refractivity (Wildman–Crippen MR) is 87.0 cm³/mol. The molecule has 2 heterocycles. The van der Waals surface area contributed by atoms with E-state index in [-0.39, 0.29) is 0 Å². The molecule has 1 aliphatic heterocycles. The molecule has 2 fully saturated rings. The van der Waals surface area contributed by atoms with Gasteiger partial charge in [-0.3, -0.25) is 4.90 Å². The molecule has 1 atom stereocenters. The molecular weight excluding hydrogens is 290 g/mol. The largest absolute Gasteiger partial charge is 0.378 e. The molecule has 1 aliphatic carbocycles. The number of aromatic nitrogens is 2. The molecule has 0 amide bonds. The van der Waals surface area contributed by atoms with Crippen LogP contribution in [0.25, 0.3) is 11.4 Å². The molecule has 1 aromatic carbocycles. The van der Waals surface area contributed by atoms with Gasteiger partial charge < -0.3 is 9.26 Å². The van der Waals surface area contributed by atoms with E-state index >= 15 is 0 Å². The molecule has 1 aromatic heterocycles. The van der Waals surface area contributed by atoms with Gasteiger partial charge in [0.1, 0.15) is 0 Å². The van der Waals surface area contributed by atoms with Gasteiger partial charge >= 0.3 is 0 Å². The highest BCUT2D eigenvalue weighted by atomic mass is 16.5. The summed E-state index contributed by atoms with van der Waals surface area (Å²) in [5.74, 6) is 2.33. The van der Waals surface area contributed by atoms with Crippen LogP contribution in [-0.2, 0) is 11.2 Å². The maximum atomic E-state index is 5.66. The lowest BCUT2D eigenvalue weighted by molar-refractivity contribution is -0.0124.